The number of hydrogen-bond acceptors (Lipinski definition) is 3. The van der Waals surface area contributed by atoms with E-state index in [4.69, 9.17) is 14.3 Å². The van der Waals surface area contributed by atoms with Crippen molar-refractivity contribution in [1.82, 2.24) is 0 Å². The standard InChI is InChI=1S/C25H34O4Si/c1-25(2,3)30(22-10-6-4-7-11-22,23-12-8-5-9-13-23)29-17-16-20-14-15-21(28-19-20)18-24(26)27/h4-13,20-21H,14-19H2,1-3H3,(H,26,27)/t20-,21+/m1/s1. The third-order valence-electron chi connectivity index (χ3n) is 6.13. The molecule has 5 heteroatoms. The van der Waals surface area contributed by atoms with Gasteiger partial charge in [0, 0.05) is 13.2 Å². The van der Waals surface area contributed by atoms with E-state index in [1.54, 1.807) is 0 Å². The Hall–Kier alpha value is -1.95. The van der Waals surface area contributed by atoms with Crippen molar-refractivity contribution in [2.45, 2.75) is 57.6 Å². The van der Waals surface area contributed by atoms with Crippen LogP contribution in [0.15, 0.2) is 60.7 Å². The molecule has 2 aromatic rings. The number of carbonyl (C=O) groups is 1. The third kappa shape index (κ3) is 5.20. The lowest BCUT2D eigenvalue weighted by atomic mass is 9.95. The predicted molar refractivity (Wildman–Crippen MR) is 123 cm³/mol. The molecule has 1 heterocycles. The lowest BCUT2D eigenvalue weighted by molar-refractivity contribution is -0.141. The zero-order valence-corrected chi connectivity index (χ0v) is 19.3. The number of carboxylic acid groups (broad SMARTS) is 1. The van der Waals surface area contributed by atoms with Gasteiger partial charge in [-0.1, -0.05) is 81.4 Å². The van der Waals surface area contributed by atoms with Crippen LogP contribution < -0.4 is 10.4 Å². The summed E-state index contributed by atoms with van der Waals surface area (Å²) in [6.45, 7) is 8.19. The van der Waals surface area contributed by atoms with Crippen molar-refractivity contribution in [3.05, 3.63) is 60.7 Å². The largest absolute Gasteiger partial charge is 0.481 e. The molecule has 0 aliphatic carbocycles. The highest BCUT2D eigenvalue weighted by molar-refractivity contribution is 6.99. The molecule has 0 spiro atoms. The maximum atomic E-state index is 10.9. The van der Waals surface area contributed by atoms with Crippen LogP contribution in [0.1, 0.15) is 46.5 Å². The third-order valence-corrected chi connectivity index (χ3v) is 11.2. The minimum Gasteiger partial charge on any atom is -0.481 e. The molecule has 2 aromatic carbocycles. The molecule has 4 nitrogen and oxygen atoms in total. The van der Waals surface area contributed by atoms with Crippen LogP contribution in [-0.4, -0.2) is 38.7 Å². The molecule has 0 radical (unpaired) electrons. The minimum absolute atomic E-state index is 0.0225. The molecule has 0 saturated carbocycles. The fourth-order valence-corrected chi connectivity index (χ4v) is 9.16. The highest BCUT2D eigenvalue weighted by atomic mass is 28.4. The number of aliphatic carboxylic acids is 1. The van der Waals surface area contributed by atoms with Gasteiger partial charge in [-0.3, -0.25) is 4.79 Å². The van der Waals surface area contributed by atoms with Gasteiger partial charge in [0.15, 0.2) is 0 Å². The summed E-state index contributed by atoms with van der Waals surface area (Å²) in [5.41, 5.74) is 0. The van der Waals surface area contributed by atoms with E-state index >= 15 is 0 Å². The first-order valence-electron chi connectivity index (χ1n) is 10.9. The summed E-state index contributed by atoms with van der Waals surface area (Å²) in [5, 5.41) is 11.5. The summed E-state index contributed by atoms with van der Waals surface area (Å²) < 4.78 is 12.7. The average Bonchev–Trinajstić information content (AvgIpc) is 2.72. The van der Waals surface area contributed by atoms with Crippen LogP contribution in [0.3, 0.4) is 0 Å². The van der Waals surface area contributed by atoms with Crippen molar-refractivity contribution in [2.24, 2.45) is 5.92 Å². The van der Waals surface area contributed by atoms with Crippen LogP contribution in [-0.2, 0) is 14.0 Å². The second kappa shape index (κ2) is 9.90. The normalized spacial score (nSPS) is 20.1. The zero-order valence-electron chi connectivity index (χ0n) is 18.3. The van der Waals surface area contributed by atoms with Crippen molar-refractivity contribution in [2.75, 3.05) is 13.2 Å². The molecule has 3 rings (SSSR count). The molecule has 30 heavy (non-hydrogen) atoms. The first kappa shape index (κ1) is 22.7. The van der Waals surface area contributed by atoms with E-state index in [0.717, 1.165) is 19.3 Å². The van der Waals surface area contributed by atoms with Gasteiger partial charge in [-0.15, -0.1) is 0 Å². The SMILES string of the molecule is CC(C)(C)[Si](OCC[C@H]1CC[C@@H](CC(=O)O)OC1)(c1ccccc1)c1ccccc1. The monoisotopic (exact) mass is 426 g/mol. The summed E-state index contributed by atoms with van der Waals surface area (Å²) in [4.78, 5) is 10.9. The molecule has 1 aliphatic rings. The molecule has 0 amide bonds. The molecular formula is C25H34O4Si. The van der Waals surface area contributed by atoms with Crippen LogP contribution in [0.4, 0.5) is 0 Å². The molecule has 1 N–H and O–H groups in total. The Morgan fingerprint density at radius 2 is 1.60 bits per heavy atom. The van der Waals surface area contributed by atoms with Gasteiger partial charge in [-0.05, 0) is 40.6 Å². The molecule has 0 unspecified atom stereocenters. The molecule has 0 aromatic heterocycles. The Labute approximate surface area is 181 Å². The van der Waals surface area contributed by atoms with E-state index in [-0.39, 0.29) is 17.6 Å². The number of hydrogen-bond donors (Lipinski definition) is 1. The van der Waals surface area contributed by atoms with Crippen LogP contribution in [0, 0.1) is 5.92 Å². The molecular weight excluding hydrogens is 392 g/mol. The Bertz CT molecular complexity index is 753. The van der Waals surface area contributed by atoms with Gasteiger partial charge in [0.2, 0.25) is 0 Å². The Morgan fingerprint density at radius 3 is 2.03 bits per heavy atom. The lowest BCUT2D eigenvalue weighted by Crippen LogP contribution is -2.66. The van der Waals surface area contributed by atoms with Gasteiger partial charge in [-0.25, -0.2) is 0 Å². The average molecular weight is 427 g/mol. The molecule has 1 aliphatic heterocycles. The van der Waals surface area contributed by atoms with Crippen molar-refractivity contribution in [3.63, 3.8) is 0 Å². The zero-order chi connectivity index (χ0) is 21.6. The second-order valence-electron chi connectivity index (χ2n) is 9.30. The van der Waals surface area contributed by atoms with Crippen molar-refractivity contribution >= 4 is 24.7 Å². The van der Waals surface area contributed by atoms with E-state index < -0.39 is 14.3 Å². The predicted octanol–water partition coefficient (Wildman–Crippen LogP) is 4.22. The Morgan fingerprint density at radius 1 is 1.03 bits per heavy atom. The molecule has 1 saturated heterocycles. The second-order valence-corrected chi connectivity index (χ2v) is 13.6. The number of ether oxygens (including phenoxy) is 1. The van der Waals surface area contributed by atoms with Crippen molar-refractivity contribution in [1.29, 1.82) is 0 Å². The van der Waals surface area contributed by atoms with Crippen molar-refractivity contribution in [3.8, 4) is 0 Å². The molecule has 162 valence electrons. The Balaban J connectivity index is 1.75. The van der Waals surface area contributed by atoms with Gasteiger partial charge >= 0.3 is 5.97 Å². The molecule has 2 atom stereocenters. The van der Waals surface area contributed by atoms with E-state index in [1.165, 1.54) is 10.4 Å². The summed E-state index contributed by atoms with van der Waals surface area (Å²) in [7, 11) is -2.49. The summed E-state index contributed by atoms with van der Waals surface area (Å²) >= 11 is 0. The number of benzene rings is 2. The van der Waals surface area contributed by atoms with Crippen LogP contribution in [0.25, 0.3) is 0 Å². The highest BCUT2D eigenvalue weighted by Gasteiger charge is 2.50. The maximum absolute atomic E-state index is 10.9. The molecule has 0 bridgehead atoms. The highest BCUT2D eigenvalue weighted by Crippen LogP contribution is 2.37. The van der Waals surface area contributed by atoms with Gasteiger partial charge in [0.25, 0.3) is 8.32 Å². The van der Waals surface area contributed by atoms with Crippen LogP contribution in [0.2, 0.25) is 5.04 Å². The fraction of sp³-hybridized carbons (Fsp3) is 0.480. The number of carboxylic acids is 1. The lowest BCUT2D eigenvalue weighted by Gasteiger charge is -2.43. The van der Waals surface area contributed by atoms with Gasteiger partial charge in [0.05, 0.1) is 12.5 Å². The Kier molecular flexibility index (Phi) is 7.50. The first-order valence-corrected chi connectivity index (χ1v) is 12.8. The summed E-state index contributed by atoms with van der Waals surface area (Å²) in [6.07, 6.45) is 2.71. The maximum Gasteiger partial charge on any atom is 0.305 e. The number of rotatable bonds is 8. The smallest absolute Gasteiger partial charge is 0.305 e. The van der Waals surface area contributed by atoms with Gasteiger partial charge in [0.1, 0.15) is 0 Å². The summed E-state index contributed by atoms with van der Waals surface area (Å²) in [6, 6.07) is 21.4. The first-order chi connectivity index (χ1) is 14.3. The van der Waals surface area contributed by atoms with Crippen LogP contribution >= 0.6 is 0 Å². The summed E-state index contributed by atoms with van der Waals surface area (Å²) in [5.74, 6) is -0.360. The quantitative estimate of drug-likeness (QED) is 0.642. The minimum atomic E-state index is -2.49. The van der Waals surface area contributed by atoms with Crippen LogP contribution in [0.5, 0.6) is 0 Å². The van der Waals surface area contributed by atoms with E-state index in [0.29, 0.717) is 19.1 Å². The van der Waals surface area contributed by atoms with Crippen molar-refractivity contribution < 1.29 is 19.1 Å². The van der Waals surface area contributed by atoms with E-state index in [2.05, 4.69) is 81.4 Å². The van der Waals surface area contributed by atoms with E-state index in [1.807, 2.05) is 0 Å². The van der Waals surface area contributed by atoms with Gasteiger partial charge in [-0.2, -0.15) is 0 Å². The fourth-order valence-electron chi connectivity index (χ4n) is 4.58. The molecule has 1 fully saturated rings. The van der Waals surface area contributed by atoms with E-state index in [9.17, 15) is 4.79 Å². The topological polar surface area (TPSA) is 55.8 Å². The van der Waals surface area contributed by atoms with Gasteiger partial charge < -0.3 is 14.3 Å².